The highest BCUT2D eigenvalue weighted by atomic mass is 19.3. The molecule has 1 fully saturated rings. The molecule has 1 aliphatic rings. The Morgan fingerprint density at radius 2 is 1.59 bits per heavy atom. The van der Waals surface area contributed by atoms with Crippen LogP contribution in [0.3, 0.4) is 0 Å². The van der Waals surface area contributed by atoms with E-state index in [0.29, 0.717) is 0 Å². The van der Waals surface area contributed by atoms with Gasteiger partial charge in [-0.15, -0.1) is 0 Å². The van der Waals surface area contributed by atoms with Crippen LogP contribution in [0.25, 0.3) is 21.9 Å². The fraction of sp³-hybridized carbons (Fsp3) is 0.400. The van der Waals surface area contributed by atoms with E-state index in [0.717, 1.165) is 55.9 Å². The summed E-state index contributed by atoms with van der Waals surface area (Å²) < 4.78 is 87.5. The standard InChI is InChI=1S/C30H28F6O/c1-2-3-4-5-18-6-8-19(9-7-18)10-11-20-14-24(31)27(25(32)15-20)21-12-13-23-22(16-21)17-26(33)29(28(23)34)37-30(35)36/h12-19,30H,2-9H2,1H3. The van der Waals surface area contributed by atoms with E-state index in [2.05, 4.69) is 23.5 Å². The number of hydrogen-bond donors (Lipinski definition) is 0. The molecule has 0 saturated heterocycles. The maximum absolute atomic E-state index is 15.0. The molecule has 7 heteroatoms. The minimum Gasteiger partial charge on any atom is -0.429 e. The number of benzene rings is 3. The van der Waals surface area contributed by atoms with Crippen LogP contribution in [0.2, 0.25) is 0 Å². The lowest BCUT2D eigenvalue weighted by molar-refractivity contribution is -0.0544. The molecule has 4 rings (SSSR count). The molecular formula is C30H28F6O. The fourth-order valence-corrected chi connectivity index (χ4v) is 5.05. The fourth-order valence-electron chi connectivity index (χ4n) is 5.05. The van der Waals surface area contributed by atoms with Crippen LogP contribution in [0.1, 0.15) is 63.9 Å². The molecule has 1 saturated carbocycles. The van der Waals surface area contributed by atoms with Gasteiger partial charge in [-0.25, -0.2) is 17.6 Å². The van der Waals surface area contributed by atoms with Crippen molar-refractivity contribution in [3.05, 3.63) is 65.2 Å². The molecule has 0 N–H and O–H groups in total. The molecule has 1 nitrogen and oxygen atoms in total. The predicted octanol–water partition coefficient (Wildman–Crippen LogP) is 9.40. The molecule has 0 spiro atoms. The third kappa shape index (κ3) is 6.41. The summed E-state index contributed by atoms with van der Waals surface area (Å²) in [6.45, 7) is -1.21. The van der Waals surface area contributed by atoms with Gasteiger partial charge in [0, 0.05) is 16.9 Å². The maximum Gasteiger partial charge on any atom is 0.387 e. The van der Waals surface area contributed by atoms with E-state index in [4.69, 9.17) is 0 Å². The maximum atomic E-state index is 15.0. The molecule has 1 aliphatic carbocycles. The van der Waals surface area contributed by atoms with Gasteiger partial charge in [0.1, 0.15) is 11.6 Å². The van der Waals surface area contributed by atoms with Crippen LogP contribution in [-0.2, 0) is 0 Å². The lowest BCUT2D eigenvalue weighted by atomic mass is 9.80. The molecule has 0 amide bonds. The number of rotatable bonds is 7. The zero-order valence-corrected chi connectivity index (χ0v) is 20.5. The van der Waals surface area contributed by atoms with Gasteiger partial charge < -0.3 is 4.74 Å². The first-order chi connectivity index (χ1) is 17.8. The van der Waals surface area contributed by atoms with Gasteiger partial charge >= 0.3 is 6.61 Å². The molecule has 3 aromatic carbocycles. The Labute approximate surface area is 212 Å². The van der Waals surface area contributed by atoms with Crippen LogP contribution in [0, 0.1) is 46.9 Å². The second-order valence-corrected chi connectivity index (χ2v) is 9.61. The average molecular weight is 519 g/mol. The summed E-state index contributed by atoms with van der Waals surface area (Å²) in [5.74, 6) is 1.43. The highest BCUT2D eigenvalue weighted by molar-refractivity contribution is 5.89. The smallest absolute Gasteiger partial charge is 0.387 e. The van der Waals surface area contributed by atoms with Crippen LogP contribution in [0.15, 0.2) is 36.4 Å². The van der Waals surface area contributed by atoms with Crippen molar-refractivity contribution in [2.24, 2.45) is 11.8 Å². The molecule has 0 unspecified atom stereocenters. The summed E-state index contributed by atoms with van der Waals surface area (Å²) in [5.41, 5.74) is -0.103. The second-order valence-electron chi connectivity index (χ2n) is 9.61. The van der Waals surface area contributed by atoms with Crippen molar-refractivity contribution in [2.75, 3.05) is 0 Å². The molecule has 0 aromatic heterocycles. The van der Waals surface area contributed by atoms with Crippen LogP contribution >= 0.6 is 0 Å². The largest absolute Gasteiger partial charge is 0.429 e. The van der Waals surface area contributed by atoms with Crippen LogP contribution in [0.4, 0.5) is 26.3 Å². The number of fused-ring (bicyclic) bond motifs is 1. The van der Waals surface area contributed by atoms with Crippen LogP contribution in [0.5, 0.6) is 5.75 Å². The first-order valence-electron chi connectivity index (χ1n) is 12.6. The molecule has 0 atom stereocenters. The average Bonchev–Trinajstić information content (AvgIpc) is 2.85. The molecule has 0 aliphatic heterocycles. The lowest BCUT2D eigenvalue weighted by Gasteiger charge is -2.25. The van der Waals surface area contributed by atoms with E-state index in [1.54, 1.807) is 0 Å². The number of unbranched alkanes of at least 4 members (excludes halogenated alkanes) is 2. The Kier molecular flexibility index (Phi) is 8.68. The zero-order valence-electron chi connectivity index (χ0n) is 20.5. The van der Waals surface area contributed by atoms with Crippen LogP contribution < -0.4 is 4.74 Å². The van der Waals surface area contributed by atoms with Gasteiger partial charge in [0.25, 0.3) is 0 Å². The molecule has 0 bridgehead atoms. The van der Waals surface area contributed by atoms with Crippen LogP contribution in [-0.4, -0.2) is 6.61 Å². The molecule has 37 heavy (non-hydrogen) atoms. The molecular weight excluding hydrogens is 490 g/mol. The highest BCUT2D eigenvalue weighted by Crippen LogP contribution is 2.35. The summed E-state index contributed by atoms with van der Waals surface area (Å²) in [7, 11) is 0. The van der Waals surface area contributed by atoms with Gasteiger partial charge in [0.15, 0.2) is 17.4 Å². The van der Waals surface area contributed by atoms with Gasteiger partial charge in [-0.05, 0) is 66.8 Å². The van der Waals surface area contributed by atoms with Crippen molar-refractivity contribution < 1.29 is 31.1 Å². The van der Waals surface area contributed by atoms with E-state index >= 15 is 0 Å². The predicted molar refractivity (Wildman–Crippen MR) is 132 cm³/mol. The van der Waals surface area contributed by atoms with E-state index in [1.165, 1.54) is 37.8 Å². The van der Waals surface area contributed by atoms with Crippen molar-refractivity contribution in [1.29, 1.82) is 0 Å². The Morgan fingerprint density at radius 3 is 2.24 bits per heavy atom. The number of alkyl halides is 2. The van der Waals surface area contributed by atoms with E-state index in [1.807, 2.05) is 0 Å². The summed E-state index contributed by atoms with van der Waals surface area (Å²) in [6.07, 6.45) is 9.22. The van der Waals surface area contributed by atoms with Gasteiger partial charge in [0.2, 0.25) is 0 Å². The number of ether oxygens (including phenoxy) is 1. The third-order valence-corrected chi connectivity index (χ3v) is 7.01. The summed E-state index contributed by atoms with van der Waals surface area (Å²) in [6, 6.07) is 6.65. The Balaban J connectivity index is 1.52. The third-order valence-electron chi connectivity index (χ3n) is 7.01. The number of halogens is 6. The normalized spacial score (nSPS) is 17.6. The van der Waals surface area contributed by atoms with Gasteiger partial charge in [-0.3, -0.25) is 0 Å². The quantitative estimate of drug-likeness (QED) is 0.172. The minimum absolute atomic E-state index is 0.0460. The molecule has 196 valence electrons. The van der Waals surface area contributed by atoms with Gasteiger partial charge in [-0.2, -0.15) is 8.78 Å². The van der Waals surface area contributed by atoms with Crippen molar-refractivity contribution >= 4 is 10.8 Å². The summed E-state index contributed by atoms with van der Waals surface area (Å²) >= 11 is 0. The first kappa shape index (κ1) is 26.9. The van der Waals surface area contributed by atoms with E-state index in [9.17, 15) is 26.3 Å². The number of hydrogen-bond acceptors (Lipinski definition) is 1. The SMILES string of the molecule is CCCCCC1CCC(C#Cc2cc(F)c(-c3ccc4c(F)c(OC(F)F)c(F)cc4c3)c(F)c2)CC1. The minimum atomic E-state index is -3.41. The van der Waals surface area contributed by atoms with Crippen molar-refractivity contribution in [2.45, 2.75) is 64.9 Å². The van der Waals surface area contributed by atoms with E-state index in [-0.39, 0.29) is 33.4 Å². The van der Waals surface area contributed by atoms with Crippen molar-refractivity contribution in [3.8, 4) is 28.7 Å². The molecule has 3 aromatic rings. The van der Waals surface area contributed by atoms with Gasteiger partial charge in [-0.1, -0.05) is 56.6 Å². The lowest BCUT2D eigenvalue weighted by Crippen LogP contribution is -2.13. The Morgan fingerprint density at radius 1 is 0.892 bits per heavy atom. The Hall–Kier alpha value is -3.14. The van der Waals surface area contributed by atoms with Gasteiger partial charge in [0.05, 0.1) is 5.56 Å². The topological polar surface area (TPSA) is 9.23 Å². The summed E-state index contributed by atoms with van der Waals surface area (Å²) in [5, 5.41) is -0.272. The molecule has 0 radical (unpaired) electrons. The van der Waals surface area contributed by atoms with E-state index < -0.39 is 35.6 Å². The summed E-state index contributed by atoms with van der Waals surface area (Å²) in [4.78, 5) is 0. The second kappa shape index (κ2) is 11.9. The molecule has 0 heterocycles. The van der Waals surface area contributed by atoms with Crippen molar-refractivity contribution in [3.63, 3.8) is 0 Å². The zero-order chi connectivity index (χ0) is 26.5. The monoisotopic (exact) mass is 518 g/mol. The Bertz CT molecular complexity index is 1290. The van der Waals surface area contributed by atoms with Crippen molar-refractivity contribution in [1.82, 2.24) is 0 Å². The first-order valence-corrected chi connectivity index (χ1v) is 12.6. The highest BCUT2D eigenvalue weighted by Gasteiger charge is 2.21.